The second kappa shape index (κ2) is 14.2. The van der Waals surface area contributed by atoms with Gasteiger partial charge >= 0.3 is 0 Å². The summed E-state index contributed by atoms with van der Waals surface area (Å²) in [5.41, 5.74) is 2.17. The fourth-order valence-corrected chi connectivity index (χ4v) is 5.98. The van der Waals surface area contributed by atoms with Gasteiger partial charge in [-0.2, -0.15) is 0 Å². The average molecular weight is 580 g/mol. The van der Waals surface area contributed by atoms with Gasteiger partial charge in [0.25, 0.3) is 10.0 Å². The minimum Gasteiger partial charge on any atom is -0.497 e. The summed E-state index contributed by atoms with van der Waals surface area (Å²) in [7, 11) is -2.55. The van der Waals surface area contributed by atoms with Crippen molar-refractivity contribution in [2.24, 2.45) is 0 Å². The Morgan fingerprint density at radius 3 is 2.12 bits per heavy atom. The number of sulfonamides is 1. The summed E-state index contributed by atoms with van der Waals surface area (Å²) in [6.07, 6.45) is 0.350. The quantitative estimate of drug-likeness (QED) is 0.295. The van der Waals surface area contributed by atoms with Gasteiger partial charge in [0.05, 0.1) is 17.7 Å². The number of anilines is 1. The minimum absolute atomic E-state index is 0.0738. The highest BCUT2D eigenvalue weighted by atomic mass is 32.2. The molecule has 3 aromatic rings. The molecule has 3 rings (SSSR count). The van der Waals surface area contributed by atoms with Crippen LogP contribution in [0.15, 0.2) is 83.8 Å². The molecule has 0 fully saturated rings. The fraction of sp³-hybridized carbons (Fsp3) is 0.375. The number of nitrogens with zero attached hydrogens (tertiary/aromatic N) is 2. The lowest BCUT2D eigenvalue weighted by Gasteiger charge is -2.33. The van der Waals surface area contributed by atoms with Crippen LogP contribution >= 0.6 is 0 Å². The molecule has 220 valence electrons. The van der Waals surface area contributed by atoms with E-state index in [2.05, 4.69) is 19.2 Å². The van der Waals surface area contributed by atoms with Crippen LogP contribution in [0.4, 0.5) is 5.69 Å². The zero-order valence-electron chi connectivity index (χ0n) is 24.7. The molecule has 41 heavy (non-hydrogen) atoms. The highest BCUT2D eigenvalue weighted by Gasteiger charge is 2.33. The average Bonchev–Trinajstić information content (AvgIpc) is 2.95. The SMILES string of the molecule is CC[C@@H](C(=O)NC(C)C)N(Cc1cccc(OC)c1)C(=O)CN(c1ccc(C(C)C)cc1)S(=O)(=O)c1ccccc1. The first-order chi connectivity index (χ1) is 19.5. The van der Waals surface area contributed by atoms with Gasteiger partial charge < -0.3 is 15.0 Å². The number of carbonyl (C=O) groups is 2. The second-order valence-electron chi connectivity index (χ2n) is 10.5. The summed E-state index contributed by atoms with van der Waals surface area (Å²) >= 11 is 0. The van der Waals surface area contributed by atoms with E-state index in [-0.39, 0.29) is 29.3 Å². The number of amides is 2. The monoisotopic (exact) mass is 579 g/mol. The number of ether oxygens (including phenoxy) is 1. The maximum atomic E-state index is 14.1. The van der Waals surface area contributed by atoms with Gasteiger partial charge in [-0.05, 0) is 73.7 Å². The Balaban J connectivity index is 2.07. The van der Waals surface area contributed by atoms with Crippen LogP contribution in [0.2, 0.25) is 0 Å². The van der Waals surface area contributed by atoms with E-state index in [4.69, 9.17) is 4.74 Å². The Bertz CT molecular complexity index is 1410. The summed E-state index contributed by atoms with van der Waals surface area (Å²) in [5.74, 6) is 0.0876. The largest absolute Gasteiger partial charge is 0.497 e. The summed E-state index contributed by atoms with van der Waals surface area (Å²) in [5, 5.41) is 2.91. The number of hydrogen-bond acceptors (Lipinski definition) is 5. The fourth-order valence-electron chi connectivity index (χ4n) is 4.54. The highest BCUT2D eigenvalue weighted by molar-refractivity contribution is 7.92. The third kappa shape index (κ3) is 8.10. The van der Waals surface area contributed by atoms with Gasteiger partial charge in [-0.15, -0.1) is 0 Å². The highest BCUT2D eigenvalue weighted by Crippen LogP contribution is 2.27. The van der Waals surface area contributed by atoms with E-state index < -0.39 is 28.5 Å². The van der Waals surface area contributed by atoms with Crippen LogP contribution in [0.25, 0.3) is 0 Å². The molecule has 0 aliphatic carbocycles. The summed E-state index contributed by atoms with van der Waals surface area (Å²) in [6, 6.07) is 21.6. The molecule has 0 aliphatic rings. The Morgan fingerprint density at radius 2 is 1.56 bits per heavy atom. The van der Waals surface area contributed by atoms with Crippen LogP contribution in [0.5, 0.6) is 5.75 Å². The number of rotatable bonds is 13. The molecular formula is C32H41N3O5S. The van der Waals surface area contributed by atoms with Gasteiger partial charge in [-0.25, -0.2) is 8.42 Å². The molecule has 2 amide bonds. The van der Waals surface area contributed by atoms with Gasteiger partial charge in [0.2, 0.25) is 11.8 Å². The van der Waals surface area contributed by atoms with Crippen molar-refractivity contribution >= 4 is 27.5 Å². The Kier molecular flexibility index (Phi) is 10.9. The van der Waals surface area contributed by atoms with E-state index in [1.165, 1.54) is 17.0 Å². The Morgan fingerprint density at radius 1 is 0.902 bits per heavy atom. The van der Waals surface area contributed by atoms with E-state index in [0.29, 0.717) is 17.9 Å². The maximum Gasteiger partial charge on any atom is 0.264 e. The van der Waals surface area contributed by atoms with Crippen LogP contribution in [-0.4, -0.2) is 50.9 Å². The van der Waals surface area contributed by atoms with Crippen LogP contribution < -0.4 is 14.4 Å². The molecule has 0 saturated heterocycles. The van der Waals surface area contributed by atoms with Gasteiger partial charge in [0.1, 0.15) is 18.3 Å². The minimum atomic E-state index is -4.11. The van der Waals surface area contributed by atoms with Crippen molar-refractivity contribution in [3.8, 4) is 5.75 Å². The van der Waals surface area contributed by atoms with Crippen LogP contribution in [0, 0.1) is 0 Å². The molecule has 0 aliphatic heterocycles. The molecule has 9 heteroatoms. The standard InChI is InChI=1S/C32H41N3O5S/c1-7-30(32(37)33-24(4)5)34(21-25-12-11-13-28(20-25)40-6)31(36)22-35(27-18-16-26(17-19-27)23(2)3)41(38,39)29-14-9-8-10-15-29/h8-20,23-24,30H,7,21-22H2,1-6H3,(H,33,37)/t30-/m0/s1. The third-order valence-electron chi connectivity index (χ3n) is 6.76. The van der Waals surface area contributed by atoms with E-state index in [0.717, 1.165) is 15.4 Å². The zero-order chi connectivity index (χ0) is 30.2. The molecule has 1 N–H and O–H groups in total. The van der Waals surface area contributed by atoms with Crippen molar-refractivity contribution in [3.05, 3.63) is 90.0 Å². The molecule has 8 nitrogen and oxygen atoms in total. The molecule has 0 radical (unpaired) electrons. The molecule has 0 heterocycles. The van der Waals surface area contributed by atoms with Crippen molar-refractivity contribution in [2.75, 3.05) is 18.0 Å². The number of nitrogens with one attached hydrogen (secondary N) is 1. The number of hydrogen-bond donors (Lipinski definition) is 1. The molecular weight excluding hydrogens is 538 g/mol. The molecule has 3 aromatic carbocycles. The van der Waals surface area contributed by atoms with Crippen molar-refractivity contribution < 1.29 is 22.7 Å². The third-order valence-corrected chi connectivity index (χ3v) is 8.55. The molecule has 0 unspecified atom stereocenters. The molecule has 0 spiro atoms. The van der Waals surface area contributed by atoms with E-state index >= 15 is 0 Å². The molecule has 0 bridgehead atoms. The van der Waals surface area contributed by atoms with Crippen LogP contribution in [0.1, 0.15) is 58.1 Å². The lowest BCUT2D eigenvalue weighted by molar-refractivity contribution is -0.140. The Hall–Kier alpha value is -3.85. The normalized spacial score (nSPS) is 12.2. The zero-order valence-corrected chi connectivity index (χ0v) is 25.5. The number of carbonyl (C=O) groups excluding carboxylic acids is 2. The lowest BCUT2D eigenvalue weighted by atomic mass is 10.0. The van der Waals surface area contributed by atoms with Crippen LogP contribution in [-0.2, 0) is 26.2 Å². The predicted molar refractivity (Wildman–Crippen MR) is 162 cm³/mol. The van der Waals surface area contributed by atoms with Crippen molar-refractivity contribution in [2.45, 2.75) is 70.5 Å². The van der Waals surface area contributed by atoms with Gasteiger partial charge in [-0.3, -0.25) is 13.9 Å². The molecule has 0 aromatic heterocycles. The van der Waals surface area contributed by atoms with Gasteiger partial charge in [-0.1, -0.05) is 63.2 Å². The van der Waals surface area contributed by atoms with Crippen molar-refractivity contribution in [1.82, 2.24) is 10.2 Å². The number of benzene rings is 3. The Labute approximate surface area is 244 Å². The predicted octanol–water partition coefficient (Wildman–Crippen LogP) is 5.35. The maximum absolute atomic E-state index is 14.1. The van der Waals surface area contributed by atoms with E-state index in [1.54, 1.807) is 49.6 Å². The first-order valence-corrected chi connectivity index (χ1v) is 15.3. The van der Waals surface area contributed by atoms with E-state index in [9.17, 15) is 18.0 Å². The lowest BCUT2D eigenvalue weighted by Crippen LogP contribution is -2.53. The molecule has 0 saturated carbocycles. The van der Waals surface area contributed by atoms with Gasteiger partial charge in [0, 0.05) is 12.6 Å². The first kappa shape index (κ1) is 31.7. The van der Waals surface area contributed by atoms with E-state index in [1.807, 2.05) is 45.0 Å². The molecule has 1 atom stereocenters. The topological polar surface area (TPSA) is 96.0 Å². The summed E-state index contributed by atoms with van der Waals surface area (Å²) in [4.78, 5) is 28.9. The second-order valence-corrected chi connectivity index (χ2v) is 12.4. The smallest absolute Gasteiger partial charge is 0.264 e. The van der Waals surface area contributed by atoms with Gasteiger partial charge in [0.15, 0.2) is 0 Å². The summed E-state index contributed by atoms with van der Waals surface area (Å²) < 4.78 is 34.3. The summed E-state index contributed by atoms with van der Waals surface area (Å²) in [6.45, 7) is 9.28. The van der Waals surface area contributed by atoms with Crippen LogP contribution in [0.3, 0.4) is 0 Å². The van der Waals surface area contributed by atoms with Crippen molar-refractivity contribution in [1.29, 1.82) is 0 Å². The first-order valence-electron chi connectivity index (χ1n) is 13.9. The van der Waals surface area contributed by atoms with Crippen molar-refractivity contribution in [3.63, 3.8) is 0 Å². The number of methoxy groups -OCH3 is 1.